The van der Waals surface area contributed by atoms with Crippen molar-refractivity contribution >= 4 is 33.4 Å². The number of nitrogens with zero attached hydrogens (tertiary/aromatic N) is 2. The Kier molecular flexibility index (Phi) is 3.50. The number of benzene rings is 2. The number of para-hydroxylation sites is 3. The van der Waals surface area contributed by atoms with Gasteiger partial charge >= 0.3 is 6.61 Å². The van der Waals surface area contributed by atoms with Crippen LogP contribution in [0.2, 0.25) is 0 Å². The molecule has 0 fully saturated rings. The summed E-state index contributed by atoms with van der Waals surface area (Å²) < 4.78 is 31.4. The molecule has 0 aliphatic carbocycles. The SMILES string of the molecule is O=c1/c(=C\c2ccccc2OC(F)F)sc2nc3ccccc3n12. The van der Waals surface area contributed by atoms with Gasteiger partial charge in [0.1, 0.15) is 5.75 Å². The average molecular weight is 344 g/mol. The number of aromatic nitrogens is 2. The van der Waals surface area contributed by atoms with E-state index in [-0.39, 0.29) is 11.3 Å². The fourth-order valence-electron chi connectivity index (χ4n) is 2.56. The smallest absolute Gasteiger partial charge is 0.387 e. The van der Waals surface area contributed by atoms with Gasteiger partial charge in [0.25, 0.3) is 5.56 Å². The molecule has 0 N–H and O–H groups in total. The van der Waals surface area contributed by atoms with Gasteiger partial charge in [0.05, 0.1) is 15.6 Å². The highest BCUT2D eigenvalue weighted by molar-refractivity contribution is 7.15. The van der Waals surface area contributed by atoms with Crippen LogP contribution < -0.4 is 14.8 Å². The van der Waals surface area contributed by atoms with Gasteiger partial charge < -0.3 is 4.74 Å². The van der Waals surface area contributed by atoms with Gasteiger partial charge in [-0.25, -0.2) is 9.38 Å². The maximum Gasteiger partial charge on any atom is 0.387 e. The van der Waals surface area contributed by atoms with Gasteiger partial charge in [0.2, 0.25) is 0 Å². The van der Waals surface area contributed by atoms with Gasteiger partial charge in [-0.15, -0.1) is 0 Å². The van der Waals surface area contributed by atoms with E-state index in [4.69, 9.17) is 0 Å². The quantitative estimate of drug-likeness (QED) is 0.574. The van der Waals surface area contributed by atoms with E-state index < -0.39 is 6.61 Å². The van der Waals surface area contributed by atoms with Crippen LogP contribution in [0.5, 0.6) is 5.75 Å². The lowest BCUT2D eigenvalue weighted by molar-refractivity contribution is -0.0499. The molecule has 0 atom stereocenters. The molecule has 2 heterocycles. The third kappa shape index (κ3) is 2.43. The van der Waals surface area contributed by atoms with Crippen LogP contribution in [0, 0.1) is 0 Å². The van der Waals surface area contributed by atoms with Gasteiger partial charge in [-0.3, -0.25) is 4.79 Å². The molecule has 0 radical (unpaired) electrons. The van der Waals surface area contributed by atoms with E-state index in [1.165, 1.54) is 21.8 Å². The number of alkyl halides is 2. The Balaban J connectivity index is 1.93. The van der Waals surface area contributed by atoms with Crippen LogP contribution in [-0.2, 0) is 0 Å². The minimum atomic E-state index is -2.92. The maximum absolute atomic E-state index is 12.7. The van der Waals surface area contributed by atoms with Crippen molar-refractivity contribution in [2.45, 2.75) is 6.61 Å². The van der Waals surface area contributed by atoms with Gasteiger partial charge in [0, 0.05) is 5.56 Å². The molecule has 120 valence electrons. The average Bonchev–Trinajstić information content (AvgIpc) is 3.06. The predicted molar refractivity (Wildman–Crippen MR) is 88.7 cm³/mol. The zero-order valence-corrected chi connectivity index (χ0v) is 13.0. The minimum Gasteiger partial charge on any atom is -0.434 e. The summed E-state index contributed by atoms with van der Waals surface area (Å²) in [6.07, 6.45) is 1.55. The van der Waals surface area contributed by atoms with Crippen molar-refractivity contribution in [1.29, 1.82) is 0 Å². The van der Waals surface area contributed by atoms with Crippen molar-refractivity contribution in [2.75, 3.05) is 0 Å². The zero-order chi connectivity index (χ0) is 16.7. The molecule has 4 nitrogen and oxygen atoms in total. The molecule has 0 aliphatic rings. The first-order chi connectivity index (χ1) is 11.6. The van der Waals surface area contributed by atoms with Crippen molar-refractivity contribution in [3.05, 3.63) is 69.0 Å². The van der Waals surface area contributed by atoms with Crippen LogP contribution in [0.3, 0.4) is 0 Å². The Bertz CT molecular complexity index is 1150. The Morgan fingerprint density at radius 2 is 1.88 bits per heavy atom. The first kappa shape index (κ1) is 14.8. The molecular weight excluding hydrogens is 334 g/mol. The first-order valence-electron chi connectivity index (χ1n) is 7.09. The minimum absolute atomic E-state index is 0.0304. The summed E-state index contributed by atoms with van der Waals surface area (Å²) in [6.45, 7) is -2.92. The largest absolute Gasteiger partial charge is 0.434 e. The lowest BCUT2D eigenvalue weighted by Crippen LogP contribution is -2.22. The number of halogens is 2. The highest BCUT2D eigenvalue weighted by atomic mass is 32.1. The van der Waals surface area contributed by atoms with E-state index in [2.05, 4.69) is 9.72 Å². The molecule has 2 aromatic carbocycles. The molecule has 0 aliphatic heterocycles. The molecule has 2 aromatic heterocycles. The molecule has 0 saturated carbocycles. The summed E-state index contributed by atoms with van der Waals surface area (Å²) in [5.74, 6) is 0.0304. The normalized spacial score (nSPS) is 12.5. The molecule has 0 amide bonds. The molecule has 7 heteroatoms. The van der Waals surface area contributed by atoms with Crippen molar-refractivity contribution in [2.24, 2.45) is 0 Å². The second-order valence-electron chi connectivity index (χ2n) is 5.05. The fraction of sp³-hybridized carbons (Fsp3) is 0.0588. The van der Waals surface area contributed by atoms with Gasteiger partial charge in [-0.1, -0.05) is 41.7 Å². The molecule has 0 spiro atoms. The summed E-state index contributed by atoms with van der Waals surface area (Å²) in [5.41, 5.74) is 1.67. The van der Waals surface area contributed by atoms with Crippen molar-refractivity contribution in [1.82, 2.24) is 9.38 Å². The number of ether oxygens (including phenoxy) is 1. The standard InChI is InChI=1S/C17H10F2N2O2S/c18-16(19)23-13-8-4-1-5-10(13)9-14-15(22)21-12-7-3-2-6-11(12)20-17(21)24-14/h1-9,16H/b14-9+. The number of hydrogen-bond donors (Lipinski definition) is 0. The van der Waals surface area contributed by atoms with Gasteiger partial charge in [0.15, 0.2) is 4.96 Å². The summed E-state index contributed by atoms with van der Waals surface area (Å²) in [6, 6.07) is 13.7. The lowest BCUT2D eigenvalue weighted by atomic mass is 10.2. The maximum atomic E-state index is 12.7. The van der Waals surface area contributed by atoms with E-state index in [0.717, 1.165) is 11.0 Å². The Labute approximate surface area is 138 Å². The predicted octanol–water partition coefficient (Wildman–Crippen LogP) is 3.06. The first-order valence-corrected chi connectivity index (χ1v) is 7.91. The summed E-state index contributed by atoms with van der Waals surface area (Å²) in [4.78, 5) is 17.6. The molecule has 4 aromatic rings. The van der Waals surface area contributed by atoms with Crippen LogP contribution in [0.4, 0.5) is 8.78 Å². The molecule has 0 bridgehead atoms. The van der Waals surface area contributed by atoms with Crippen molar-refractivity contribution in [3.8, 4) is 5.75 Å². The molecular formula is C17H10F2N2O2S. The van der Waals surface area contributed by atoms with E-state index in [1.54, 1.807) is 24.3 Å². The second kappa shape index (κ2) is 5.68. The number of imidazole rings is 1. The lowest BCUT2D eigenvalue weighted by Gasteiger charge is -2.06. The van der Waals surface area contributed by atoms with E-state index in [9.17, 15) is 13.6 Å². The van der Waals surface area contributed by atoms with E-state index >= 15 is 0 Å². The summed E-state index contributed by atoms with van der Waals surface area (Å²) in [7, 11) is 0. The van der Waals surface area contributed by atoms with Crippen LogP contribution in [0.25, 0.3) is 22.1 Å². The third-order valence-corrected chi connectivity index (χ3v) is 4.54. The van der Waals surface area contributed by atoms with Crippen molar-refractivity contribution < 1.29 is 13.5 Å². The number of thiazole rings is 1. The van der Waals surface area contributed by atoms with E-state index in [0.29, 0.717) is 15.1 Å². The van der Waals surface area contributed by atoms with Crippen LogP contribution in [0.1, 0.15) is 5.56 Å². The zero-order valence-electron chi connectivity index (χ0n) is 12.1. The van der Waals surface area contributed by atoms with Crippen LogP contribution >= 0.6 is 11.3 Å². The monoisotopic (exact) mass is 344 g/mol. The van der Waals surface area contributed by atoms with E-state index in [1.807, 2.05) is 24.3 Å². The number of hydrogen-bond acceptors (Lipinski definition) is 4. The van der Waals surface area contributed by atoms with Crippen LogP contribution in [-0.4, -0.2) is 16.0 Å². The molecule has 0 unspecified atom stereocenters. The van der Waals surface area contributed by atoms with Crippen molar-refractivity contribution in [3.63, 3.8) is 0 Å². The third-order valence-electron chi connectivity index (χ3n) is 3.57. The molecule has 0 saturated heterocycles. The summed E-state index contributed by atoms with van der Waals surface area (Å²) >= 11 is 1.21. The van der Waals surface area contributed by atoms with Gasteiger partial charge in [-0.2, -0.15) is 8.78 Å². The number of rotatable bonds is 3. The Morgan fingerprint density at radius 1 is 1.12 bits per heavy atom. The highest BCUT2D eigenvalue weighted by Gasteiger charge is 2.12. The van der Waals surface area contributed by atoms with Crippen LogP contribution in [0.15, 0.2) is 53.3 Å². The fourth-order valence-corrected chi connectivity index (χ4v) is 3.53. The highest BCUT2D eigenvalue weighted by Crippen LogP contribution is 2.21. The second-order valence-corrected chi connectivity index (χ2v) is 6.06. The molecule has 4 rings (SSSR count). The summed E-state index contributed by atoms with van der Waals surface area (Å²) in [5, 5.41) is 0. The topological polar surface area (TPSA) is 43.6 Å². The Morgan fingerprint density at radius 3 is 2.71 bits per heavy atom. The number of fused-ring (bicyclic) bond motifs is 3. The molecule has 24 heavy (non-hydrogen) atoms. The Hall–Kier alpha value is -2.80. The van der Waals surface area contributed by atoms with Gasteiger partial charge in [-0.05, 0) is 24.3 Å².